The molecule has 0 heterocycles. The first-order valence-electron chi connectivity index (χ1n) is 6.66. The lowest BCUT2D eigenvalue weighted by molar-refractivity contribution is -0.127. The molecular formula is C14H29NO. The SMILES string of the molecule is CCC(C)CC(C(=O)NCC(C)C)C(C)C. The Balaban J connectivity index is 4.24. The molecule has 0 bridgehead atoms. The summed E-state index contributed by atoms with van der Waals surface area (Å²) in [4.78, 5) is 12.0. The van der Waals surface area contributed by atoms with E-state index in [0.29, 0.717) is 17.8 Å². The molecule has 2 heteroatoms. The van der Waals surface area contributed by atoms with Crippen molar-refractivity contribution in [3.05, 3.63) is 0 Å². The van der Waals surface area contributed by atoms with Gasteiger partial charge >= 0.3 is 0 Å². The van der Waals surface area contributed by atoms with Crippen LogP contribution in [0.3, 0.4) is 0 Å². The molecule has 0 radical (unpaired) electrons. The molecule has 0 aromatic heterocycles. The highest BCUT2D eigenvalue weighted by Gasteiger charge is 2.23. The molecule has 0 spiro atoms. The fraction of sp³-hybridized carbons (Fsp3) is 0.929. The van der Waals surface area contributed by atoms with Gasteiger partial charge in [-0.1, -0.05) is 48.0 Å². The van der Waals surface area contributed by atoms with Gasteiger partial charge in [-0.15, -0.1) is 0 Å². The quantitative estimate of drug-likeness (QED) is 0.709. The summed E-state index contributed by atoms with van der Waals surface area (Å²) in [6.45, 7) is 13.7. The maximum Gasteiger partial charge on any atom is 0.223 e. The molecule has 2 nitrogen and oxygen atoms in total. The maximum atomic E-state index is 12.0. The van der Waals surface area contributed by atoms with Gasteiger partial charge in [0.25, 0.3) is 0 Å². The van der Waals surface area contributed by atoms with E-state index in [1.54, 1.807) is 0 Å². The third-order valence-corrected chi connectivity index (χ3v) is 3.18. The molecule has 96 valence electrons. The van der Waals surface area contributed by atoms with Crippen LogP contribution in [0.15, 0.2) is 0 Å². The van der Waals surface area contributed by atoms with Gasteiger partial charge in [0.1, 0.15) is 0 Å². The van der Waals surface area contributed by atoms with Gasteiger partial charge in [-0.05, 0) is 24.2 Å². The van der Waals surface area contributed by atoms with E-state index in [-0.39, 0.29) is 11.8 Å². The van der Waals surface area contributed by atoms with Gasteiger partial charge in [0, 0.05) is 12.5 Å². The fourth-order valence-electron chi connectivity index (χ4n) is 1.72. The summed E-state index contributed by atoms with van der Waals surface area (Å²) in [7, 11) is 0. The van der Waals surface area contributed by atoms with Crippen molar-refractivity contribution >= 4 is 5.91 Å². The van der Waals surface area contributed by atoms with E-state index in [0.717, 1.165) is 19.4 Å². The summed E-state index contributed by atoms with van der Waals surface area (Å²) in [5.41, 5.74) is 0. The summed E-state index contributed by atoms with van der Waals surface area (Å²) in [5, 5.41) is 3.05. The lowest BCUT2D eigenvalue weighted by atomic mass is 9.85. The molecule has 0 aliphatic carbocycles. The minimum Gasteiger partial charge on any atom is -0.356 e. The third kappa shape index (κ3) is 6.14. The molecule has 0 saturated heterocycles. The van der Waals surface area contributed by atoms with Crippen LogP contribution in [0.1, 0.15) is 54.4 Å². The van der Waals surface area contributed by atoms with E-state index >= 15 is 0 Å². The molecule has 1 amide bonds. The number of nitrogens with one attached hydrogen (secondary N) is 1. The van der Waals surface area contributed by atoms with Crippen LogP contribution >= 0.6 is 0 Å². The molecule has 0 fully saturated rings. The first kappa shape index (κ1) is 15.5. The third-order valence-electron chi connectivity index (χ3n) is 3.18. The normalized spacial score (nSPS) is 15.2. The zero-order valence-corrected chi connectivity index (χ0v) is 11.8. The van der Waals surface area contributed by atoms with Gasteiger partial charge < -0.3 is 5.32 Å². The predicted octanol–water partition coefficient (Wildman–Crippen LogP) is 3.47. The Labute approximate surface area is 101 Å². The molecule has 0 rings (SSSR count). The first-order chi connectivity index (χ1) is 7.38. The van der Waals surface area contributed by atoms with E-state index in [9.17, 15) is 4.79 Å². The Morgan fingerprint density at radius 3 is 2.06 bits per heavy atom. The monoisotopic (exact) mass is 227 g/mol. The van der Waals surface area contributed by atoms with Crippen LogP contribution in [0.5, 0.6) is 0 Å². The van der Waals surface area contributed by atoms with Crippen LogP contribution in [0.2, 0.25) is 0 Å². The van der Waals surface area contributed by atoms with Crippen molar-refractivity contribution in [2.45, 2.75) is 54.4 Å². The van der Waals surface area contributed by atoms with Crippen molar-refractivity contribution < 1.29 is 4.79 Å². The number of amides is 1. The molecule has 16 heavy (non-hydrogen) atoms. The Kier molecular flexibility index (Phi) is 7.44. The topological polar surface area (TPSA) is 29.1 Å². The molecule has 0 saturated carbocycles. The Morgan fingerprint density at radius 2 is 1.69 bits per heavy atom. The average Bonchev–Trinajstić information content (AvgIpc) is 2.21. The summed E-state index contributed by atoms with van der Waals surface area (Å²) in [5.74, 6) is 2.01. The van der Waals surface area contributed by atoms with Crippen molar-refractivity contribution in [2.24, 2.45) is 23.7 Å². The molecular weight excluding hydrogens is 198 g/mol. The highest BCUT2D eigenvalue weighted by atomic mass is 16.1. The second-order valence-electron chi connectivity index (χ2n) is 5.74. The Bertz CT molecular complexity index is 199. The van der Waals surface area contributed by atoms with Crippen LogP contribution < -0.4 is 5.32 Å². The van der Waals surface area contributed by atoms with E-state index < -0.39 is 0 Å². The zero-order chi connectivity index (χ0) is 12.7. The van der Waals surface area contributed by atoms with Crippen LogP contribution in [0.25, 0.3) is 0 Å². The van der Waals surface area contributed by atoms with Gasteiger partial charge in [0.2, 0.25) is 5.91 Å². The summed E-state index contributed by atoms with van der Waals surface area (Å²) >= 11 is 0. The largest absolute Gasteiger partial charge is 0.356 e. The first-order valence-corrected chi connectivity index (χ1v) is 6.66. The van der Waals surface area contributed by atoms with E-state index in [1.807, 2.05) is 0 Å². The number of hydrogen-bond donors (Lipinski definition) is 1. The minimum atomic E-state index is 0.175. The maximum absolute atomic E-state index is 12.0. The number of carbonyl (C=O) groups is 1. The van der Waals surface area contributed by atoms with Crippen LogP contribution in [0.4, 0.5) is 0 Å². The fourth-order valence-corrected chi connectivity index (χ4v) is 1.72. The molecule has 2 unspecified atom stereocenters. The highest BCUT2D eigenvalue weighted by molar-refractivity contribution is 5.78. The van der Waals surface area contributed by atoms with Gasteiger partial charge in [-0.25, -0.2) is 0 Å². The number of rotatable bonds is 7. The van der Waals surface area contributed by atoms with Gasteiger partial charge in [0.15, 0.2) is 0 Å². The zero-order valence-electron chi connectivity index (χ0n) is 11.8. The van der Waals surface area contributed by atoms with Crippen molar-refractivity contribution in [2.75, 3.05) is 6.54 Å². The second-order valence-corrected chi connectivity index (χ2v) is 5.74. The standard InChI is InChI=1S/C14H29NO/c1-7-12(6)8-13(11(4)5)14(16)15-9-10(2)3/h10-13H,7-9H2,1-6H3,(H,15,16). The molecule has 0 aromatic rings. The summed E-state index contributed by atoms with van der Waals surface area (Å²) in [6.07, 6.45) is 2.17. The van der Waals surface area contributed by atoms with Crippen LogP contribution in [-0.4, -0.2) is 12.5 Å². The Morgan fingerprint density at radius 1 is 1.12 bits per heavy atom. The molecule has 0 aliphatic heterocycles. The minimum absolute atomic E-state index is 0.175. The van der Waals surface area contributed by atoms with Crippen LogP contribution in [0, 0.1) is 23.7 Å². The van der Waals surface area contributed by atoms with E-state index in [4.69, 9.17) is 0 Å². The second kappa shape index (κ2) is 7.70. The number of hydrogen-bond acceptors (Lipinski definition) is 1. The van der Waals surface area contributed by atoms with Crippen molar-refractivity contribution in [1.82, 2.24) is 5.32 Å². The van der Waals surface area contributed by atoms with Crippen molar-refractivity contribution in [1.29, 1.82) is 0 Å². The molecule has 0 aromatic carbocycles. The summed E-state index contributed by atoms with van der Waals surface area (Å²) < 4.78 is 0. The van der Waals surface area contributed by atoms with Crippen LogP contribution in [-0.2, 0) is 4.79 Å². The highest BCUT2D eigenvalue weighted by Crippen LogP contribution is 2.22. The van der Waals surface area contributed by atoms with Gasteiger partial charge in [0.05, 0.1) is 0 Å². The summed E-state index contributed by atoms with van der Waals surface area (Å²) in [6, 6.07) is 0. The molecule has 2 atom stereocenters. The van der Waals surface area contributed by atoms with Crippen molar-refractivity contribution in [3.63, 3.8) is 0 Å². The smallest absolute Gasteiger partial charge is 0.223 e. The van der Waals surface area contributed by atoms with Crippen molar-refractivity contribution in [3.8, 4) is 0 Å². The lowest BCUT2D eigenvalue weighted by Gasteiger charge is -2.23. The van der Waals surface area contributed by atoms with E-state index in [1.165, 1.54) is 0 Å². The number of carbonyl (C=O) groups excluding carboxylic acids is 1. The average molecular weight is 227 g/mol. The Hall–Kier alpha value is -0.530. The van der Waals surface area contributed by atoms with E-state index in [2.05, 4.69) is 46.9 Å². The predicted molar refractivity (Wildman–Crippen MR) is 70.2 cm³/mol. The lowest BCUT2D eigenvalue weighted by Crippen LogP contribution is -2.36. The molecule has 1 N–H and O–H groups in total. The van der Waals surface area contributed by atoms with Gasteiger partial charge in [-0.2, -0.15) is 0 Å². The molecule has 0 aliphatic rings. The van der Waals surface area contributed by atoms with Gasteiger partial charge in [-0.3, -0.25) is 4.79 Å².